The molecule has 0 saturated carbocycles. The monoisotopic (exact) mass is 330 g/mol. The minimum Gasteiger partial charge on any atom is -0.507 e. The molecular formula is C14H16BrFO3. The van der Waals surface area contributed by atoms with E-state index in [1.807, 2.05) is 19.9 Å². The molecule has 0 aliphatic carbocycles. The van der Waals surface area contributed by atoms with Gasteiger partial charge in [0, 0.05) is 5.56 Å². The number of halogens is 2. The van der Waals surface area contributed by atoms with Crippen molar-refractivity contribution in [2.75, 3.05) is 7.11 Å². The number of phenolic OH excluding ortho intramolecular Hbond substituents is 1. The first-order chi connectivity index (χ1) is 8.96. The zero-order valence-corrected chi connectivity index (χ0v) is 12.7. The Hall–Kier alpha value is -1.36. The molecule has 1 aromatic carbocycles. The third-order valence-corrected chi connectivity index (χ3v) is 3.82. The van der Waals surface area contributed by atoms with Gasteiger partial charge in [0.05, 0.1) is 11.6 Å². The number of aromatic hydroxyl groups is 1. The van der Waals surface area contributed by atoms with Crippen LogP contribution >= 0.6 is 15.9 Å². The van der Waals surface area contributed by atoms with Gasteiger partial charge in [0.25, 0.3) is 0 Å². The molecule has 0 spiro atoms. The summed E-state index contributed by atoms with van der Waals surface area (Å²) in [5.41, 5.74) is 1.23. The number of carbonyl (C=O) groups is 1. The van der Waals surface area contributed by atoms with E-state index in [9.17, 15) is 14.3 Å². The van der Waals surface area contributed by atoms with E-state index in [4.69, 9.17) is 0 Å². The molecule has 3 nitrogen and oxygen atoms in total. The van der Waals surface area contributed by atoms with Gasteiger partial charge in [-0.05, 0) is 41.8 Å². The number of ether oxygens (including phenoxy) is 1. The predicted octanol–water partition coefficient (Wildman–Crippen LogP) is 3.98. The highest BCUT2D eigenvalue weighted by molar-refractivity contribution is 9.10. The summed E-state index contributed by atoms with van der Waals surface area (Å²) in [5.74, 6) is -1.60. The summed E-state index contributed by atoms with van der Waals surface area (Å²) in [6, 6.07) is 0.968. The van der Waals surface area contributed by atoms with Crippen LogP contribution in [0.5, 0.6) is 5.75 Å². The first kappa shape index (κ1) is 15.7. The molecule has 0 radical (unpaired) electrons. The molecule has 0 fully saturated rings. The largest absolute Gasteiger partial charge is 0.507 e. The van der Waals surface area contributed by atoms with E-state index in [0.29, 0.717) is 12.0 Å². The zero-order chi connectivity index (χ0) is 14.6. The summed E-state index contributed by atoms with van der Waals surface area (Å²) in [4.78, 5) is 11.5. The molecule has 1 aromatic rings. The molecule has 5 heteroatoms. The maximum Gasteiger partial charge on any atom is 0.341 e. The lowest BCUT2D eigenvalue weighted by molar-refractivity contribution is 0.0596. The quantitative estimate of drug-likeness (QED) is 0.671. The molecule has 0 aromatic heterocycles. The lowest BCUT2D eigenvalue weighted by atomic mass is 9.99. The van der Waals surface area contributed by atoms with Gasteiger partial charge in [-0.1, -0.05) is 18.6 Å². The highest BCUT2D eigenvalue weighted by Crippen LogP contribution is 2.34. The number of rotatable bonds is 4. The number of benzene rings is 1. The van der Waals surface area contributed by atoms with Gasteiger partial charge in [0.2, 0.25) is 0 Å². The maximum absolute atomic E-state index is 13.8. The number of allylic oxidation sites excluding steroid dienone is 2. The van der Waals surface area contributed by atoms with Crippen LogP contribution in [-0.4, -0.2) is 18.2 Å². The Bertz CT molecular complexity index is 524. The van der Waals surface area contributed by atoms with E-state index in [0.717, 1.165) is 18.1 Å². The van der Waals surface area contributed by atoms with Crippen LogP contribution in [-0.2, 0) is 11.2 Å². The van der Waals surface area contributed by atoms with Gasteiger partial charge >= 0.3 is 5.97 Å². The third-order valence-electron chi connectivity index (χ3n) is 2.96. The molecule has 1 N–H and O–H groups in total. The number of carbonyl (C=O) groups excluding carboxylic acids is 1. The molecule has 0 bridgehead atoms. The molecule has 0 saturated heterocycles. The Morgan fingerprint density at radius 2 is 2.21 bits per heavy atom. The topological polar surface area (TPSA) is 46.5 Å². The fourth-order valence-electron chi connectivity index (χ4n) is 1.75. The van der Waals surface area contributed by atoms with Crippen LogP contribution in [0.25, 0.3) is 0 Å². The van der Waals surface area contributed by atoms with Crippen molar-refractivity contribution in [3.8, 4) is 5.75 Å². The average molecular weight is 331 g/mol. The minimum absolute atomic E-state index is 0.162. The smallest absolute Gasteiger partial charge is 0.341 e. The molecule has 104 valence electrons. The molecular weight excluding hydrogens is 315 g/mol. The van der Waals surface area contributed by atoms with Gasteiger partial charge < -0.3 is 9.84 Å². The van der Waals surface area contributed by atoms with Crippen molar-refractivity contribution in [1.29, 1.82) is 0 Å². The maximum atomic E-state index is 13.8. The lowest BCUT2D eigenvalue weighted by Crippen LogP contribution is -2.06. The van der Waals surface area contributed by atoms with Gasteiger partial charge in [-0.3, -0.25) is 0 Å². The molecule has 0 aliphatic heterocycles. The number of methoxy groups -OCH3 is 1. The molecule has 19 heavy (non-hydrogen) atoms. The van der Waals surface area contributed by atoms with Crippen molar-refractivity contribution in [2.45, 2.75) is 26.7 Å². The Labute approximate surface area is 120 Å². The Morgan fingerprint density at radius 3 is 2.68 bits per heavy atom. The van der Waals surface area contributed by atoms with Crippen LogP contribution in [0, 0.1) is 5.82 Å². The summed E-state index contributed by atoms with van der Waals surface area (Å²) in [6.07, 6.45) is 3.07. The van der Waals surface area contributed by atoms with E-state index in [1.165, 1.54) is 7.11 Å². The first-order valence-corrected chi connectivity index (χ1v) is 6.67. The van der Waals surface area contributed by atoms with Crippen molar-refractivity contribution < 1.29 is 19.0 Å². The standard InChI is InChI=1S/C14H16BrFO3/c1-4-8(5-2)6-9-12(15)11(16)7-10(13(9)17)14(18)19-3/h4,7,17H,5-6H2,1-3H3/b8-4+. The zero-order valence-electron chi connectivity index (χ0n) is 11.1. The molecule has 0 aliphatic rings. The summed E-state index contributed by atoms with van der Waals surface area (Å²) < 4.78 is 18.5. The fraction of sp³-hybridized carbons (Fsp3) is 0.357. The lowest BCUT2D eigenvalue weighted by Gasteiger charge is -2.13. The van der Waals surface area contributed by atoms with Crippen LogP contribution in [0.4, 0.5) is 4.39 Å². The van der Waals surface area contributed by atoms with Crippen molar-refractivity contribution in [2.24, 2.45) is 0 Å². The van der Waals surface area contributed by atoms with Gasteiger partial charge in [0.15, 0.2) is 0 Å². The SMILES string of the molecule is C/C=C(\CC)Cc1c(O)c(C(=O)OC)cc(F)c1Br. The van der Waals surface area contributed by atoms with E-state index in [2.05, 4.69) is 20.7 Å². The number of esters is 1. The average Bonchev–Trinajstić information content (AvgIpc) is 2.42. The minimum atomic E-state index is -0.760. The van der Waals surface area contributed by atoms with E-state index >= 15 is 0 Å². The van der Waals surface area contributed by atoms with Gasteiger partial charge in [-0.15, -0.1) is 0 Å². The number of hydrogen-bond acceptors (Lipinski definition) is 3. The Balaban J connectivity index is 3.37. The van der Waals surface area contributed by atoms with Crippen LogP contribution in [0.15, 0.2) is 22.2 Å². The summed E-state index contributed by atoms with van der Waals surface area (Å²) >= 11 is 3.11. The molecule has 0 unspecified atom stereocenters. The van der Waals surface area contributed by atoms with E-state index in [-0.39, 0.29) is 15.8 Å². The Kier molecular flexibility index (Phi) is 5.54. The first-order valence-electron chi connectivity index (χ1n) is 5.88. The summed E-state index contributed by atoms with van der Waals surface area (Å²) in [5, 5.41) is 10.1. The Morgan fingerprint density at radius 1 is 1.58 bits per heavy atom. The summed E-state index contributed by atoms with van der Waals surface area (Å²) in [7, 11) is 1.19. The second kappa shape index (κ2) is 6.70. The van der Waals surface area contributed by atoms with E-state index < -0.39 is 11.8 Å². The van der Waals surface area contributed by atoms with Crippen molar-refractivity contribution in [1.82, 2.24) is 0 Å². The van der Waals surface area contributed by atoms with Crippen LogP contribution < -0.4 is 0 Å². The predicted molar refractivity (Wildman–Crippen MR) is 74.9 cm³/mol. The third kappa shape index (κ3) is 3.35. The van der Waals surface area contributed by atoms with Crippen molar-refractivity contribution in [3.05, 3.63) is 39.1 Å². The molecule has 0 atom stereocenters. The van der Waals surface area contributed by atoms with Crippen molar-refractivity contribution in [3.63, 3.8) is 0 Å². The van der Waals surface area contributed by atoms with Crippen molar-refractivity contribution >= 4 is 21.9 Å². The summed E-state index contributed by atoms with van der Waals surface area (Å²) in [6.45, 7) is 3.85. The second-order valence-corrected chi connectivity index (χ2v) is 4.81. The van der Waals surface area contributed by atoms with Crippen LogP contribution in [0.1, 0.15) is 36.2 Å². The van der Waals surface area contributed by atoms with Crippen LogP contribution in [0.3, 0.4) is 0 Å². The highest BCUT2D eigenvalue weighted by atomic mass is 79.9. The van der Waals surface area contributed by atoms with E-state index in [1.54, 1.807) is 0 Å². The normalized spacial score (nSPS) is 11.5. The molecule has 0 heterocycles. The molecule has 0 amide bonds. The second-order valence-electron chi connectivity index (χ2n) is 4.02. The van der Waals surface area contributed by atoms with Gasteiger partial charge in [0.1, 0.15) is 17.1 Å². The van der Waals surface area contributed by atoms with Crippen LogP contribution in [0.2, 0.25) is 0 Å². The number of hydrogen-bond donors (Lipinski definition) is 1. The highest BCUT2D eigenvalue weighted by Gasteiger charge is 2.21. The molecule has 1 rings (SSSR count). The van der Waals surface area contributed by atoms with Gasteiger partial charge in [-0.2, -0.15) is 0 Å². The number of phenols is 1. The van der Waals surface area contributed by atoms with Gasteiger partial charge in [-0.25, -0.2) is 9.18 Å². The fourth-order valence-corrected chi connectivity index (χ4v) is 2.20.